The van der Waals surface area contributed by atoms with E-state index in [0.717, 1.165) is 23.7 Å². The van der Waals surface area contributed by atoms with Gasteiger partial charge in [0.25, 0.3) is 5.91 Å². The van der Waals surface area contributed by atoms with Crippen LogP contribution in [-0.4, -0.2) is 61.8 Å². The average Bonchev–Trinajstić information content (AvgIpc) is 3.25. The predicted molar refractivity (Wildman–Crippen MR) is 137 cm³/mol. The molecule has 0 spiro atoms. The molecule has 4 rings (SSSR count). The number of amides is 1. The van der Waals surface area contributed by atoms with Gasteiger partial charge in [-0.25, -0.2) is 4.98 Å². The molecule has 1 aliphatic heterocycles. The van der Waals surface area contributed by atoms with E-state index in [1.807, 2.05) is 25.7 Å². The third-order valence-corrected chi connectivity index (χ3v) is 6.88. The van der Waals surface area contributed by atoms with Gasteiger partial charge in [0.05, 0.1) is 30.0 Å². The van der Waals surface area contributed by atoms with Crippen molar-refractivity contribution in [3.05, 3.63) is 41.0 Å². The topological polar surface area (TPSA) is 64.1 Å². The average molecular weight is 484 g/mol. The van der Waals surface area contributed by atoms with E-state index in [-0.39, 0.29) is 5.91 Å². The Morgan fingerprint density at radius 1 is 0.912 bits per heavy atom. The fourth-order valence-corrected chi connectivity index (χ4v) is 5.48. The van der Waals surface area contributed by atoms with E-state index in [1.54, 1.807) is 23.5 Å². The van der Waals surface area contributed by atoms with Gasteiger partial charge >= 0.3 is 0 Å². The lowest BCUT2D eigenvalue weighted by Gasteiger charge is -2.34. The lowest BCUT2D eigenvalue weighted by atomic mass is 10.1. The van der Waals surface area contributed by atoms with Crippen LogP contribution in [0.15, 0.2) is 24.3 Å². The number of benzene rings is 2. The third-order valence-electron chi connectivity index (χ3n) is 5.81. The molecule has 0 bridgehead atoms. The van der Waals surface area contributed by atoms with Crippen molar-refractivity contribution < 1.29 is 19.0 Å². The zero-order valence-electron chi connectivity index (χ0n) is 20.6. The summed E-state index contributed by atoms with van der Waals surface area (Å²) in [4.78, 5) is 22.4. The van der Waals surface area contributed by atoms with Crippen LogP contribution in [0.4, 0.5) is 5.13 Å². The van der Waals surface area contributed by atoms with Crippen LogP contribution < -0.4 is 19.1 Å². The molecule has 0 atom stereocenters. The van der Waals surface area contributed by atoms with Gasteiger partial charge in [-0.1, -0.05) is 17.4 Å². The molecule has 1 fully saturated rings. The largest absolute Gasteiger partial charge is 0.490 e. The maximum absolute atomic E-state index is 13.4. The van der Waals surface area contributed by atoms with Gasteiger partial charge in [-0.2, -0.15) is 0 Å². The Morgan fingerprint density at radius 3 is 2.12 bits per heavy atom. The van der Waals surface area contributed by atoms with E-state index < -0.39 is 0 Å². The number of carbonyl (C=O) groups excluding carboxylic acids is 1. The van der Waals surface area contributed by atoms with Gasteiger partial charge in [-0.05, 0) is 63.9 Å². The summed E-state index contributed by atoms with van der Waals surface area (Å²) in [5.74, 6) is 1.60. The number of fused-ring (bicyclic) bond motifs is 1. The molecule has 0 aliphatic carbocycles. The molecule has 2 aromatic carbocycles. The van der Waals surface area contributed by atoms with Crippen molar-refractivity contribution in [1.29, 1.82) is 0 Å². The van der Waals surface area contributed by atoms with Crippen LogP contribution in [0.3, 0.4) is 0 Å². The number of thiazole rings is 1. The molecule has 3 aromatic rings. The number of carbonyl (C=O) groups is 1. The minimum Gasteiger partial charge on any atom is -0.490 e. The minimum absolute atomic E-state index is 0.0274. The van der Waals surface area contributed by atoms with E-state index in [0.29, 0.717) is 55.7 Å². The Kier molecular flexibility index (Phi) is 7.46. The Labute approximate surface area is 205 Å². The second-order valence-corrected chi connectivity index (χ2v) is 9.31. The molecule has 1 aliphatic rings. The standard InChI is InChI=1S/C26H33N3O4S/c1-6-31-20-15-19(16-21(32-7-2)24(20)33-8-3)25(30)28-9-11-29(12-10-28)26-27-23-18(5)13-17(4)14-22(23)34-26/h13-16H,6-12H2,1-5H3. The van der Waals surface area contributed by atoms with E-state index >= 15 is 0 Å². The Morgan fingerprint density at radius 2 is 1.53 bits per heavy atom. The number of anilines is 1. The predicted octanol–water partition coefficient (Wildman–Crippen LogP) is 5.07. The van der Waals surface area contributed by atoms with Crippen LogP contribution in [0, 0.1) is 13.8 Å². The minimum atomic E-state index is -0.0274. The van der Waals surface area contributed by atoms with E-state index in [1.165, 1.54) is 15.8 Å². The summed E-state index contributed by atoms with van der Waals surface area (Å²) in [5.41, 5.74) is 4.08. The van der Waals surface area contributed by atoms with Crippen molar-refractivity contribution in [1.82, 2.24) is 9.88 Å². The highest BCUT2D eigenvalue weighted by Crippen LogP contribution is 2.39. The highest BCUT2D eigenvalue weighted by atomic mass is 32.1. The first-order chi connectivity index (χ1) is 16.4. The summed E-state index contributed by atoms with van der Waals surface area (Å²) in [6, 6.07) is 7.90. The molecule has 0 unspecified atom stereocenters. The van der Waals surface area contributed by atoms with Crippen LogP contribution in [0.2, 0.25) is 0 Å². The zero-order chi connectivity index (χ0) is 24.2. The first-order valence-corrected chi connectivity index (χ1v) is 12.7. The monoisotopic (exact) mass is 483 g/mol. The van der Waals surface area contributed by atoms with Crippen molar-refractivity contribution >= 4 is 32.6 Å². The molecular formula is C26H33N3O4S. The van der Waals surface area contributed by atoms with Gasteiger partial charge in [0.1, 0.15) is 0 Å². The van der Waals surface area contributed by atoms with Gasteiger partial charge in [-0.15, -0.1) is 0 Å². The quantitative estimate of drug-likeness (QED) is 0.446. The van der Waals surface area contributed by atoms with Crippen molar-refractivity contribution in [2.24, 2.45) is 0 Å². The van der Waals surface area contributed by atoms with Gasteiger partial charge in [0.15, 0.2) is 16.6 Å². The smallest absolute Gasteiger partial charge is 0.254 e. The number of hydrogen-bond acceptors (Lipinski definition) is 7. The second-order valence-electron chi connectivity index (χ2n) is 8.30. The number of aromatic nitrogens is 1. The zero-order valence-corrected chi connectivity index (χ0v) is 21.5. The van der Waals surface area contributed by atoms with Crippen LogP contribution >= 0.6 is 11.3 Å². The van der Waals surface area contributed by atoms with Gasteiger partial charge in [0, 0.05) is 31.7 Å². The number of ether oxygens (including phenoxy) is 3. The van der Waals surface area contributed by atoms with E-state index in [2.05, 4.69) is 30.9 Å². The van der Waals surface area contributed by atoms with Gasteiger partial charge < -0.3 is 24.0 Å². The number of aryl methyl sites for hydroxylation is 2. The van der Waals surface area contributed by atoms with Gasteiger partial charge in [-0.3, -0.25) is 4.79 Å². The molecule has 182 valence electrons. The lowest BCUT2D eigenvalue weighted by Crippen LogP contribution is -2.48. The summed E-state index contributed by atoms with van der Waals surface area (Å²) in [6.45, 7) is 14.2. The van der Waals surface area contributed by atoms with Crippen molar-refractivity contribution in [2.45, 2.75) is 34.6 Å². The molecule has 7 nitrogen and oxygen atoms in total. The molecule has 0 radical (unpaired) electrons. The number of hydrogen-bond donors (Lipinski definition) is 0. The SMILES string of the molecule is CCOc1cc(C(=O)N2CCN(c3nc4c(C)cc(C)cc4s3)CC2)cc(OCC)c1OCC. The van der Waals surface area contributed by atoms with Crippen LogP contribution in [0.1, 0.15) is 42.3 Å². The van der Waals surface area contributed by atoms with E-state index in [9.17, 15) is 4.79 Å². The molecule has 8 heteroatoms. The maximum atomic E-state index is 13.4. The molecule has 1 aromatic heterocycles. The Balaban J connectivity index is 1.51. The van der Waals surface area contributed by atoms with Crippen molar-refractivity contribution in [3.8, 4) is 17.2 Å². The molecular weight excluding hydrogens is 450 g/mol. The Bertz CT molecular complexity index is 1140. The number of piperazine rings is 1. The lowest BCUT2D eigenvalue weighted by molar-refractivity contribution is 0.0745. The maximum Gasteiger partial charge on any atom is 0.254 e. The van der Waals surface area contributed by atoms with Crippen LogP contribution in [0.25, 0.3) is 10.2 Å². The van der Waals surface area contributed by atoms with Crippen molar-refractivity contribution in [3.63, 3.8) is 0 Å². The first kappa shape index (κ1) is 24.1. The molecule has 0 saturated carbocycles. The molecule has 34 heavy (non-hydrogen) atoms. The summed E-state index contributed by atoms with van der Waals surface area (Å²) in [7, 11) is 0. The fourth-order valence-electron chi connectivity index (χ4n) is 4.29. The molecule has 1 amide bonds. The molecule has 0 N–H and O–H groups in total. The number of nitrogens with zero attached hydrogens (tertiary/aromatic N) is 3. The van der Waals surface area contributed by atoms with Crippen molar-refractivity contribution in [2.75, 3.05) is 50.9 Å². The van der Waals surface area contributed by atoms with Gasteiger partial charge in [0.2, 0.25) is 5.75 Å². The second kappa shape index (κ2) is 10.5. The Hall–Kier alpha value is -3.00. The number of rotatable bonds is 8. The molecule has 1 saturated heterocycles. The van der Waals surface area contributed by atoms with Crippen LogP contribution in [-0.2, 0) is 0 Å². The van der Waals surface area contributed by atoms with Crippen LogP contribution in [0.5, 0.6) is 17.2 Å². The summed E-state index contributed by atoms with van der Waals surface area (Å²) >= 11 is 1.72. The highest BCUT2D eigenvalue weighted by molar-refractivity contribution is 7.22. The molecule has 2 heterocycles. The summed E-state index contributed by atoms with van der Waals surface area (Å²) < 4.78 is 18.6. The fraction of sp³-hybridized carbons (Fsp3) is 0.462. The summed E-state index contributed by atoms with van der Waals surface area (Å²) in [6.07, 6.45) is 0. The first-order valence-electron chi connectivity index (χ1n) is 11.9. The normalized spacial score (nSPS) is 13.9. The third kappa shape index (κ3) is 4.92. The highest BCUT2D eigenvalue weighted by Gasteiger charge is 2.26. The van der Waals surface area contributed by atoms with E-state index in [4.69, 9.17) is 19.2 Å². The summed E-state index contributed by atoms with van der Waals surface area (Å²) in [5, 5.41) is 1.02.